The van der Waals surface area contributed by atoms with Crippen LogP contribution in [0.5, 0.6) is 0 Å². The molecule has 0 amide bonds. The van der Waals surface area contributed by atoms with Gasteiger partial charge in [0.25, 0.3) is 0 Å². The van der Waals surface area contributed by atoms with E-state index in [9.17, 15) is 0 Å². The third-order valence-corrected chi connectivity index (χ3v) is 3.99. The summed E-state index contributed by atoms with van der Waals surface area (Å²) in [7, 11) is 3.61. The molecule has 0 aromatic carbocycles. The fourth-order valence-electron chi connectivity index (χ4n) is 2.75. The van der Waals surface area contributed by atoms with Gasteiger partial charge in [0.05, 0.1) is 12.2 Å². The molecule has 0 aromatic rings. The Morgan fingerprint density at radius 1 is 1.26 bits per heavy atom. The fourth-order valence-corrected chi connectivity index (χ4v) is 2.75. The molecule has 4 heteroatoms. The Morgan fingerprint density at radius 2 is 2.00 bits per heavy atom. The molecule has 114 valence electrons. The van der Waals surface area contributed by atoms with E-state index in [2.05, 4.69) is 31.0 Å². The number of likely N-dealkylation sites (tertiary alicyclic amines) is 1. The van der Waals surface area contributed by atoms with Crippen molar-refractivity contribution in [1.29, 1.82) is 0 Å². The number of rotatable bonds is 8. The van der Waals surface area contributed by atoms with Gasteiger partial charge in [-0.3, -0.25) is 4.90 Å². The molecule has 1 aliphatic rings. The van der Waals surface area contributed by atoms with Crippen LogP contribution in [0.3, 0.4) is 0 Å². The van der Waals surface area contributed by atoms with E-state index >= 15 is 0 Å². The first kappa shape index (κ1) is 16.9. The molecule has 0 radical (unpaired) electrons. The minimum atomic E-state index is 0.00227. The number of piperidine rings is 1. The molecule has 0 spiro atoms. The molecule has 1 fully saturated rings. The maximum absolute atomic E-state index is 5.68. The van der Waals surface area contributed by atoms with Gasteiger partial charge in [-0.2, -0.15) is 0 Å². The van der Waals surface area contributed by atoms with Crippen molar-refractivity contribution in [2.24, 2.45) is 5.92 Å². The largest absolute Gasteiger partial charge is 0.383 e. The second kappa shape index (κ2) is 8.20. The van der Waals surface area contributed by atoms with Gasteiger partial charge in [-0.05, 0) is 38.8 Å². The zero-order valence-corrected chi connectivity index (χ0v) is 13.4. The van der Waals surface area contributed by atoms with E-state index < -0.39 is 0 Å². The Labute approximate surface area is 118 Å². The minimum Gasteiger partial charge on any atom is -0.383 e. The summed E-state index contributed by atoms with van der Waals surface area (Å²) in [6.45, 7) is 11.7. The van der Waals surface area contributed by atoms with Gasteiger partial charge in [0, 0.05) is 33.4 Å². The van der Waals surface area contributed by atoms with E-state index in [0.29, 0.717) is 12.0 Å². The van der Waals surface area contributed by atoms with Gasteiger partial charge < -0.3 is 14.8 Å². The second-order valence-electron chi connectivity index (χ2n) is 6.39. The van der Waals surface area contributed by atoms with Gasteiger partial charge in [-0.25, -0.2) is 0 Å². The van der Waals surface area contributed by atoms with Crippen LogP contribution in [0, 0.1) is 5.92 Å². The van der Waals surface area contributed by atoms with Gasteiger partial charge in [-0.15, -0.1) is 0 Å². The van der Waals surface area contributed by atoms with Crippen molar-refractivity contribution in [1.82, 2.24) is 10.2 Å². The molecule has 1 N–H and O–H groups in total. The molecule has 4 nitrogen and oxygen atoms in total. The second-order valence-corrected chi connectivity index (χ2v) is 6.39. The summed E-state index contributed by atoms with van der Waals surface area (Å²) in [5.74, 6) is 0.689. The summed E-state index contributed by atoms with van der Waals surface area (Å²) in [5.41, 5.74) is 0.00227. The average molecular weight is 272 g/mol. The Morgan fingerprint density at radius 3 is 2.58 bits per heavy atom. The Bertz CT molecular complexity index is 248. The number of hydrogen-bond acceptors (Lipinski definition) is 4. The lowest BCUT2D eigenvalue weighted by Crippen LogP contribution is -2.55. The van der Waals surface area contributed by atoms with E-state index in [4.69, 9.17) is 9.47 Å². The molecule has 1 aliphatic heterocycles. The maximum Gasteiger partial charge on any atom is 0.0777 e. The van der Waals surface area contributed by atoms with Gasteiger partial charge in [0.1, 0.15) is 0 Å². The SMILES string of the molecule is COCC(CNCC(C)C)N1CCCC(C)(OC)C1. The van der Waals surface area contributed by atoms with Crippen molar-refractivity contribution < 1.29 is 9.47 Å². The Balaban J connectivity index is 2.49. The van der Waals surface area contributed by atoms with Crippen LogP contribution in [0.4, 0.5) is 0 Å². The molecular formula is C15H32N2O2. The molecule has 0 aliphatic carbocycles. The molecule has 2 unspecified atom stereocenters. The molecule has 0 bridgehead atoms. The lowest BCUT2D eigenvalue weighted by Gasteiger charge is -2.43. The van der Waals surface area contributed by atoms with Crippen LogP contribution >= 0.6 is 0 Å². The van der Waals surface area contributed by atoms with Crippen LogP contribution in [-0.4, -0.2) is 63.5 Å². The Hall–Kier alpha value is -0.160. The Kier molecular flexibility index (Phi) is 7.29. The fraction of sp³-hybridized carbons (Fsp3) is 1.00. The lowest BCUT2D eigenvalue weighted by molar-refractivity contribution is -0.0679. The van der Waals surface area contributed by atoms with Crippen LogP contribution in [0.15, 0.2) is 0 Å². The van der Waals surface area contributed by atoms with Gasteiger partial charge in [0.2, 0.25) is 0 Å². The van der Waals surface area contributed by atoms with Gasteiger partial charge in [-0.1, -0.05) is 13.8 Å². The predicted octanol–water partition coefficient (Wildman–Crippen LogP) is 1.75. The third kappa shape index (κ3) is 5.78. The average Bonchev–Trinajstić information content (AvgIpc) is 2.37. The van der Waals surface area contributed by atoms with Crippen LogP contribution in [0.1, 0.15) is 33.6 Å². The van der Waals surface area contributed by atoms with Crippen molar-refractivity contribution in [3.8, 4) is 0 Å². The third-order valence-electron chi connectivity index (χ3n) is 3.99. The normalized spacial score (nSPS) is 26.8. The molecule has 1 rings (SSSR count). The van der Waals surface area contributed by atoms with E-state index in [1.165, 1.54) is 6.42 Å². The van der Waals surface area contributed by atoms with Crippen molar-refractivity contribution in [2.45, 2.75) is 45.3 Å². The number of ether oxygens (including phenoxy) is 2. The van der Waals surface area contributed by atoms with E-state index in [0.717, 1.165) is 39.2 Å². The first-order chi connectivity index (χ1) is 9.00. The van der Waals surface area contributed by atoms with Crippen LogP contribution in [0.25, 0.3) is 0 Å². The van der Waals surface area contributed by atoms with Crippen LogP contribution < -0.4 is 5.32 Å². The van der Waals surface area contributed by atoms with Gasteiger partial charge in [0.15, 0.2) is 0 Å². The van der Waals surface area contributed by atoms with Crippen molar-refractivity contribution in [3.05, 3.63) is 0 Å². The molecule has 1 heterocycles. The highest BCUT2D eigenvalue weighted by atomic mass is 16.5. The van der Waals surface area contributed by atoms with Crippen molar-refractivity contribution >= 4 is 0 Å². The molecule has 1 saturated heterocycles. The first-order valence-corrected chi connectivity index (χ1v) is 7.49. The van der Waals surface area contributed by atoms with E-state index in [1.54, 1.807) is 7.11 Å². The molecule has 19 heavy (non-hydrogen) atoms. The van der Waals surface area contributed by atoms with Gasteiger partial charge >= 0.3 is 0 Å². The van der Waals surface area contributed by atoms with E-state index in [1.807, 2.05) is 7.11 Å². The highest BCUT2D eigenvalue weighted by Crippen LogP contribution is 2.25. The summed E-state index contributed by atoms with van der Waals surface area (Å²) >= 11 is 0. The maximum atomic E-state index is 5.68. The van der Waals surface area contributed by atoms with E-state index in [-0.39, 0.29) is 5.60 Å². The number of methoxy groups -OCH3 is 2. The zero-order chi connectivity index (χ0) is 14.3. The smallest absolute Gasteiger partial charge is 0.0777 e. The minimum absolute atomic E-state index is 0.00227. The number of nitrogens with one attached hydrogen (secondary N) is 1. The summed E-state index contributed by atoms with van der Waals surface area (Å²) < 4.78 is 11.1. The first-order valence-electron chi connectivity index (χ1n) is 7.49. The summed E-state index contributed by atoms with van der Waals surface area (Å²) in [6, 6.07) is 0.443. The molecular weight excluding hydrogens is 240 g/mol. The number of nitrogens with zero attached hydrogens (tertiary/aromatic N) is 1. The standard InChI is InChI=1S/C15H32N2O2/c1-13(2)9-16-10-14(11-18-4)17-8-6-7-15(3,12-17)19-5/h13-14,16H,6-12H2,1-5H3. The molecule has 0 saturated carbocycles. The topological polar surface area (TPSA) is 33.7 Å². The predicted molar refractivity (Wildman–Crippen MR) is 79.6 cm³/mol. The molecule has 0 aromatic heterocycles. The summed E-state index contributed by atoms with van der Waals surface area (Å²) in [5, 5.41) is 3.55. The number of hydrogen-bond donors (Lipinski definition) is 1. The molecule has 2 atom stereocenters. The quantitative estimate of drug-likeness (QED) is 0.730. The van der Waals surface area contributed by atoms with Crippen molar-refractivity contribution in [2.75, 3.05) is 47.0 Å². The van der Waals surface area contributed by atoms with Crippen LogP contribution in [0.2, 0.25) is 0 Å². The summed E-state index contributed by atoms with van der Waals surface area (Å²) in [4.78, 5) is 2.52. The zero-order valence-electron chi connectivity index (χ0n) is 13.4. The van der Waals surface area contributed by atoms with Crippen LogP contribution in [-0.2, 0) is 9.47 Å². The van der Waals surface area contributed by atoms with Crippen molar-refractivity contribution in [3.63, 3.8) is 0 Å². The highest BCUT2D eigenvalue weighted by molar-refractivity contribution is 4.88. The highest BCUT2D eigenvalue weighted by Gasteiger charge is 2.33. The monoisotopic (exact) mass is 272 g/mol. The summed E-state index contributed by atoms with van der Waals surface area (Å²) in [6.07, 6.45) is 2.36. The lowest BCUT2D eigenvalue weighted by atomic mass is 9.93.